The Morgan fingerprint density at radius 3 is 2.65 bits per heavy atom. The molecule has 3 heterocycles. The molecule has 1 amide bonds. The Morgan fingerprint density at radius 2 is 2.10 bits per heavy atom. The summed E-state index contributed by atoms with van der Waals surface area (Å²) in [6.45, 7) is -0.00755. The van der Waals surface area contributed by atoms with Crippen molar-refractivity contribution in [1.82, 2.24) is 4.90 Å². The number of carbonyl (C=O) groups excluding carboxylic acids is 1. The normalized spacial score (nSPS) is 19.6. The number of thioether (sulfide) groups is 1. The Kier molecular flexibility index (Phi) is 2.75. The lowest BCUT2D eigenvalue weighted by Gasteiger charge is -2.48. The molecule has 0 radical (unpaired) electrons. The van der Waals surface area contributed by atoms with Crippen molar-refractivity contribution in [2.75, 3.05) is 24.6 Å². The quantitative estimate of drug-likeness (QED) is 0.793. The van der Waals surface area contributed by atoms with E-state index in [9.17, 15) is 18.0 Å². The molecule has 0 atom stereocenters. The van der Waals surface area contributed by atoms with Crippen LogP contribution in [0.1, 0.15) is 11.1 Å². The minimum atomic E-state index is -4.85. The van der Waals surface area contributed by atoms with Gasteiger partial charge in [0.05, 0.1) is 9.77 Å². The monoisotopic (exact) mass is 319 g/mol. The molecule has 1 aromatic heterocycles. The molecule has 0 aromatic carbocycles. The van der Waals surface area contributed by atoms with E-state index in [1.807, 2.05) is 6.07 Å². The zero-order chi connectivity index (χ0) is 14.7. The Balaban J connectivity index is 1.88. The molecule has 0 bridgehead atoms. The summed E-state index contributed by atoms with van der Waals surface area (Å²) in [6.07, 6.45) is -4.85. The second kappa shape index (κ2) is 4.05. The van der Waals surface area contributed by atoms with E-state index in [1.165, 1.54) is 23.1 Å². The van der Waals surface area contributed by atoms with E-state index in [1.54, 1.807) is 0 Å². The molecule has 0 aliphatic carbocycles. The third-order valence-electron chi connectivity index (χ3n) is 3.54. The predicted octanol–water partition coefficient (Wildman–Crippen LogP) is 1.95. The van der Waals surface area contributed by atoms with E-state index in [4.69, 9.17) is 11.0 Å². The predicted molar refractivity (Wildman–Crippen MR) is 68.5 cm³/mol. The first-order valence-corrected chi connectivity index (χ1v) is 7.40. The van der Waals surface area contributed by atoms with Crippen LogP contribution in [0.5, 0.6) is 0 Å². The fourth-order valence-corrected chi connectivity index (χ4v) is 5.40. The number of nitrogens with two attached hydrogens (primary N) is 1. The maximum Gasteiger partial charge on any atom is 0.471 e. The summed E-state index contributed by atoms with van der Waals surface area (Å²) in [5.41, 5.74) is 6.30. The maximum absolute atomic E-state index is 12.4. The second-order valence-electron chi connectivity index (χ2n) is 4.84. The van der Waals surface area contributed by atoms with E-state index < -0.39 is 17.5 Å². The molecular weight excluding hydrogens is 311 g/mol. The summed E-state index contributed by atoms with van der Waals surface area (Å²) < 4.78 is 38.0. The first kappa shape index (κ1) is 13.6. The average molecular weight is 319 g/mol. The van der Waals surface area contributed by atoms with Crippen LogP contribution in [0.2, 0.25) is 0 Å². The van der Waals surface area contributed by atoms with Crippen molar-refractivity contribution in [2.45, 2.75) is 15.8 Å². The van der Waals surface area contributed by atoms with Crippen LogP contribution in [0.3, 0.4) is 0 Å². The van der Waals surface area contributed by atoms with Gasteiger partial charge >= 0.3 is 12.1 Å². The Labute approximate surface area is 120 Å². The van der Waals surface area contributed by atoms with Gasteiger partial charge < -0.3 is 10.6 Å². The number of fused-ring (bicyclic) bond motifs is 2. The molecule has 2 aliphatic rings. The van der Waals surface area contributed by atoms with Crippen LogP contribution < -0.4 is 5.73 Å². The van der Waals surface area contributed by atoms with Crippen molar-refractivity contribution < 1.29 is 18.0 Å². The van der Waals surface area contributed by atoms with E-state index in [0.717, 1.165) is 14.7 Å². The zero-order valence-corrected chi connectivity index (χ0v) is 11.6. The third kappa shape index (κ3) is 1.71. The van der Waals surface area contributed by atoms with Crippen LogP contribution >= 0.6 is 23.1 Å². The van der Waals surface area contributed by atoms with E-state index in [-0.39, 0.29) is 13.1 Å². The van der Waals surface area contributed by atoms with Crippen LogP contribution in [0.25, 0.3) is 0 Å². The second-order valence-corrected chi connectivity index (χ2v) is 7.14. The van der Waals surface area contributed by atoms with Crippen LogP contribution in [0.15, 0.2) is 4.21 Å². The number of nitriles is 1. The van der Waals surface area contributed by atoms with Gasteiger partial charge in [0.15, 0.2) is 0 Å². The number of nitrogen functional groups attached to an aromatic ring is 1. The number of thiophene rings is 1. The van der Waals surface area contributed by atoms with Gasteiger partial charge in [0.2, 0.25) is 0 Å². The van der Waals surface area contributed by atoms with Gasteiger partial charge in [0, 0.05) is 29.8 Å². The van der Waals surface area contributed by atoms with Crippen molar-refractivity contribution in [3.8, 4) is 6.07 Å². The maximum atomic E-state index is 12.4. The first-order valence-electron chi connectivity index (χ1n) is 5.60. The summed E-state index contributed by atoms with van der Waals surface area (Å²) >= 11 is 2.78. The Hall–Kier alpha value is -1.40. The molecule has 20 heavy (non-hydrogen) atoms. The van der Waals surface area contributed by atoms with Crippen LogP contribution in [-0.4, -0.2) is 35.8 Å². The van der Waals surface area contributed by atoms with Gasteiger partial charge in [-0.3, -0.25) is 4.79 Å². The molecule has 1 spiro atoms. The third-order valence-corrected chi connectivity index (χ3v) is 6.12. The fourth-order valence-electron chi connectivity index (χ4n) is 2.65. The van der Waals surface area contributed by atoms with Crippen molar-refractivity contribution in [1.29, 1.82) is 5.26 Å². The summed E-state index contributed by atoms with van der Waals surface area (Å²) in [6, 6.07) is 2.02. The summed E-state index contributed by atoms with van der Waals surface area (Å²) in [5, 5.41) is 9.53. The molecule has 2 aliphatic heterocycles. The molecule has 0 saturated carbocycles. The molecule has 106 valence electrons. The molecule has 9 heteroatoms. The topological polar surface area (TPSA) is 70.1 Å². The lowest BCUT2D eigenvalue weighted by atomic mass is 9.75. The number of hydrogen-bond donors (Lipinski definition) is 1. The molecule has 1 fully saturated rings. The van der Waals surface area contributed by atoms with Gasteiger partial charge in [-0.15, -0.1) is 23.1 Å². The lowest BCUT2D eigenvalue weighted by molar-refractivity contribution is -0.192. The number of halogens is 3. The van der Waals surface area contributed by atoms with Gasteiger partial charge in [-0.05, 0) is 0 Å². The zero-order valence-electron chi connectivity index (χ0n) is 9.95. The molecule has 1 saturated heterocycles. The number of anilines is 1. The SMILES string of the molecule is N#Cc1c(N)sc2c1C1(CS2)CN(C(=O)C(F)(F)F)C1. The molecule has 3 rings (SSSR count). The highest BCUT2D eigenvalue weighted by Crippen LogP contribution is 2.55. The van der Waals surface area contributed by atoms with Crippen LogP contribution in [0, 0.1) is 11.3 Å². The van der Waals surface area contributed by atoms with E-state index >= 15 is 0 Å². The van der Waals surface area contributed by atoms with Crippen molar-refractivity contribution in [3.63, 3.8) is 0 Å². The summed E-state index contributed by atoms with van der Waals surface area (Å²) in [7, 11) is 0. The summed E-state index contributed by atoms with van der Waals surface area (Å²) in [4.78, 5) is 11.9. The number of alkyl halides is 3. The van der Waals surface area contributed by atoms with Gasteiger partial charge in [-0.25, -0.2) is 0 Å². The Morgan fingerprint density at radius 1 is 1.45 bits per heavy atom. The molecule has 1 aromatic rings. The number of amides is 1. The summed E-state index contributed by atoms with van der Waals surface area (Å²) in [5.74, 6) is -1.23. The number of carbonyl (C=O) groups is 1. The van der Waals surface area contributed by atoms with Crippen molar-refractivity contribution in [3.05, 3.63) is 11.1 Å². The number of rotatable bonds is 0. The largest absolute Gasteiger partial charge is 0.471 e. The van der Waals surface area contributed by atoms with Crippen molar-refractivity contribution >= 4 is 34.0 Å². The first-order chi connectivity index (χ1) is 9.28. The van der Waals surface area contributed by atoms with E-state index in [2.05, 4.69) is 0 Å². The highest BCUT2D eigenvalue weighted by Gasteiger charge is 2.57. The smallest absolute Gasteiger partial charge is 0.389 e. The lowest BCUT2D eigenvalue weighted by Crippen LogP contribution is -2.64. The van der Waals surface area contributed by atoms with Gasteiger partial charge in [0.25, 0.3) is 0 Å². The van der Waals surface area contributed by atoms with Gasteiger partial charge in [0.1, 0.15) is 11.1 Å². The molecular formula is C11H8F3N3OS2. The van der Waals surface area contributed by atoms with Crippen LogP contribution in [0.4, 0.5) is 18.2 Å². The number of likely N-dealkylation sites (tertiary alicyclic amines) is 1. The highest BCUT2D eigenvalue weighted by atomic mass is 32.2. The fraction of sp³-hybridized carbons (Fsp3) is 0.455. The Bertz CT molecular complexity index is 641. The van der Waals surface area contributed by atoms with Crippen LogP contribution in [-0.2, 0) is 10.2 Å². The minimum Gasteiger partial charge on any atom is -0.389 e. The number of hydrogen-bond acceptors (Lipinski definition) is 5. The van der Waals surface area contributed by atoms with Gasteiger partial charge in [-0.1, -0.05) is 0 Å². The van der Waals surface area contributed by atoms with E-state index in [0.29, 0.717) is 16.3 Å². The number of nitrogens with zero attached hydrogens (tertiary/aromatic N) is 2. The van der Waals surface area contributed by atoms with Crippen molar-refractivity contribution in [2.24, 2.45) is 0 Å². The molecule has 2 N–H and O–H groups in total. The standard InChI is InChI=1S/C11H8F3N3OS2/c12-11(13,14)9(18)17-2-10(3-17)4-19-8-6(10)5(1-15)7(16)20-8/h2-4,16H2. The molecule has 0 unspecified atom stereocenters. The van der Waals surface area contributed by atoms with Gasteiger partial charge in [-0.2, -0.15) is 18.4 Å². The average Bonchev–Trinajstić information content (AvgIpc) is 2.80. The minimum absolute atomic E-state index is 0.00377. The molecule has 4 nitrogen and oxygen atoms in total. The highest BCUT2D eigenvalue weighted by molar-refractivity contribution is 8.01.